The predicted molar refractivity (Wildman–Crippen MR) is 136 cm³/mol. The van der Waals surface area contributed by atoms with Crippen molar-refractivity contribution in [2.45, 2.75) is 30.8 Å². The second-order valence-corrected chi connectivity index (χ2v) is 9.48. The molecule has 2 aromatic heterocycles. The number of methoxy groups -OCH3 is 2. The quantitative estimate of drug-likeness (QED) is 0.280. The van der Waals surface area contributed by atoms with Gasteiger partial charge in [-0.3, -0.25) is 14.2 Å². The van der Waals surface area contributed by atoms with Gasteiger partial charge in [0.1, 0.15) is 0 Å². The molecule has 1 atom stereocenters. The maximum atomic E-state index is 12.9. The number of thiazole rings is 1. The topological polar surface area (TPSA) is 95.3 Å². The minimum Gasteiger partial charge on any atom is -0.493 e. The lowest BCUT2D eigenvalue weighted by molar-refractivity contribution is -0.115. The van der Waals surface area contributed by atoms with E-state index in [9.17, 15) is 9.59 Å². The molecule has 10 heteroatoms. The lowest BCUT2D eigenvalue weighted by Crippen LogP contribution is -2.26. The predicted octanol–water partition coefficient (Wildman–Crippen LogP) is 4.68. The second-order valence-electron chi connectivity index (χ2n) is 7.32. The van der Waals surface area contributed by atoms with E-state index in [1.807, 2.05) is 42.6 Å². The lowest BCUT2D eigenvalue weighted by atomic mass is 10.1. The molecule has 0 aliphatic heterocycles. The van der Waals surface area contributed by atoms with Crippen molar-refractivity contribution in [3.8, 4) is 22.8 Å². The van der Waals surface area contributed by atoms with Crippen LogP contribution in [0, 0.1) is 0 Å². The Kier molecular flexibility index (Phi) is 7.18. The van der Waals surface area contributed by atoms with Crippen LogP contribution >= 0.6 is 23.1 Å². The molecule has 176 valence electrons. The molecule has 2 aromatic carbocycles. The molecule has 0 aliphatic carbocycles. The minimum absolute atomic E-state index is 0.109. The smallest absolute Gasteiger partial charge is 0.262 e. The Morgan fingerprint density at radius 1 is 1.15 bits per heavy atom. The van der Waals surface area contributed by atoms with Gasteiger partial charge in [0.15, 0.2) is 21.8 Å². The Morgan fingerprint density at radius 2 is 1.91 bits per heavy atom. The van der Waals surface area contributed by atoms with E-state index < -0.39 is 5.25 Å². The summed E-state index contributed by atoms with van der Waals surface area (Å²) in [6.45, 7) is 4.14. The van der Waals surface area contributed by atoms with Crippen molar-refractivity contribution in [3.05, 3.63) is 58.2 Å². The first-order chi connectivity index (χ1) is 16.4. The molecule has 0 saturated carbocycles. The van der Waals surface area contributed by atoms with Crippen LogP contribution in [0.1, 0.15) is 13.8 Å². The summed E-state index contributed by atoms with van der Waals surface area (Å²) in [5.41, 5.74) is 2.08. The number of para-hydroxylation sites is 1. The summed E-state index contributed by atoms with van der Waals surface area (Å²) in [4.78, 5) is 34.9. The lowest BCUT2D eigenvalue weighted by Gasteiger charge is -2.14. The number of amides is 1. The third-order valence-electron chi connectivity index (χ3n) is 5.21. The van der Waals surface area contributed by atoms with E-state index in [-0.39, 0.29) is 11.5 Å². The van der Waals surface area contributed by atoms with E-state index in [1.165, 1.54) is 23.1 Å². The zero-order valence-corrected chi connectivity index (χ0v) is 20.8. The molecule has 0 saturated heterocycles. The molecule has 1 unspecified atom stereocenters. The highest BCUT2D eigenvalue weighted by atomic mass is 32.2. The van der Waals surface area contributed by atoms with Crippen LogP contribution in [0.2, 0.25) is 0 Å². The van der Waals surface area contributed by atoms with E-state index in [4.69, 9.17) is 9.47 Å². The zero-order valence-electron chi connectivity index (χ0n) is 19.2. The summed E-state index contributed by atoms with van der Waals surface area (Å²) in [5, 5.41) is 5.82. The van der Waals surface area contributed by atoms with E-state index >= 15 is 0 Å². The maximum Gasteiger partial charge on any atom is 0.262 e. The van der Waals surface area contributed by atoms with Gasteiger partial charge in [0, 0.05) is 17.5 Å². The number of rotatable bonds is 8. The fourth-order valence-electron chi connectivity index (χ4n) is 3.39. The highest BCUT2D eigenvalue weighted by Gasteiger charge is 2.20. The molecule has 34 heavy (non-hydrogen) atoms. The van der Waals surface area contributed by atoms with Crippen LogP contribution in [-0.2, 0) is 11.3 Å². The van der Waals surface area contributed by atoms with Crippen LogP contribution < -0.4 is 20.3 Å². The Morgan fingerprint density at radius 3 is 2.65 bits per heavy atom. The highest BCUT2D eigenvalue weighted by molar-refractivity contribution is 8.00. The molecule has 1 amide bonds. The summed E-state index contributed by atoms with van der Waals surface area (Å²) in [7, 11) is 3.16. The third-order valence-corrected chi connectivity index (χ3v) is 7.06. The van der Waals surface area contributed by atoms with Crippen LogP contribution in [-0.4, -0.2) is 39.9 Å². The molecule has 0 spiro atoms. The monoisotopic (exact) mass is 496 g/mol. The summed E-state index contributed by atoms with van der Waals surface area (Å²) in [6, 6.07) is 12.8. The van der Waals surface area contributed by atoms with Crippen molar-refractivity contribution in [1.29, 1.82) is 0 Å². The van der Waals surface area contributed by atoms with Crippen molar-refractivity contribution < 1.29 is 14.3 Å². The first-order valence-corrected chi connectivity index (χ1v) is 12.4. The fraction of sp³-hybridized carbons (Fsp3) is 0.250. The Labute approximate surface area is 205 Å². The largest absolute Gasteiger partial charge is 0.493 e. The first-order valence-electron chi connectivity index (χ1n) is 10.6. The number of nitrogens with one attached hydrogen (secondary N) is 1. The number of thioether (sulfide) groups is 1. The van der Waals surface area contributed by atoms with Crippen molar-refractivity contribution in [2.24, 2.45) is 0 Å². The Balaban J connectivity index is 1.50. The van der Waals surface area contributed by atoms with Gasteiger partial charge in [-0.15, -0.1) is 11.3 Å². The normalized spacial score (nSPS) is 11.9. The summed E-state index contributed by atoms with van der Waals surface area (Å²) < 4.78 is 12.2. The van der Waals surface area contributed by atoms with Gasteiger partial charge in [0.2, 0.25) is 5.91 Å². The van der Waals surface area contributed by atoms with Crippen LogP contribution in [0.4, 0.5) is 5.13 Å². The van der Waals surface area contributed by atoms with E-state index in [1.54, 1.807) is 37.8 Å². The number of ether oxygens (including phenoxy) is 2. The molecule has 4 aromatic rings. The summed E-state index contributed by atoms with van der Waals surface area (Å²) in [5.74, 6) is 1.02. The number of anilines is 1. The van der Waals surface area contributed by atoms with Crippen LogP contribution in [0.5, 0.6) is 11.5 Å². The van der Waals surface area contributed by atoms with E-state index in [2.05, 4.69) is 15.3 Å². The Bertz CT molecular complexity index is 1400. The molecule has 4 rings (SSSR count). The number of carbonyl (C=O) groups excluding carboxylic acids is 1. The third kappa shape index (κ3) is 4.78. The average Bonchev–Trinajstić information content (AvgIpc) is 3.32. The number of benzene rings is 2. The minimum atomic E-state index is -0.487. The molecule has 0 aliphatic rings. The van der Waals surface area contributed by atoms with Gasteiger partial charge in [-0.05, 0) is 44.2 Å². The fourth-order valence-corrected chi connectivity index (χ4v) is 5.09. The van der Waals surface area contributed by atoms with Gasteiger partial charge in [-0.2, -0.15) is 0 Å². The Hall–Kier alpha value is -3.37. The van der Waals surface area contributed by atoms with Gasteiger partial charge >= 0.3 is 0 Å². The SMILES string of the molecule is CCn1c(SC(C)C(=O)Nc2nc(-c3ccc(OC)c(OC)c3)cs2)nc2ccccc2c1=O. The molecule has 8 nitrogen and oxygen atoms in total. The number of fused-ring (bicyclic) bond motifs is 1. The molecular weight excluding hydrogens is 472 g/mol. The number of carbonyl (C=O) groups is 1. The average molecular weight is 497 g/mol. The highest BCUT2D eigenvalue weighted by Crippen LogP contribution is 2.33. The van der Waals surface area contributed by atoms with Crippen LogP contribution in [0.25, 0.3) is 22.2 Å². The standard InChI is InChI=1S/C24H24N4O4S2/c1-5-28-22(30)16-8-6-7-9-17(16)26-24(28)34-14(2)21(29)27-23-25-18(13-33-23)15-10-11-19(31-3)20(12-15)32-4/h6-14H,5H2,1-4H3,(H,25,27,29). The van der Waals surface area contributed by atoms with E-state index in [0.717, 1.165) is 11.3 Å². The van der Waals surface area contributed by atoms with Gasteiger partial charge in [0.25, 0.3) is 5.56 Å². The first kappa shape index (κ1) is 23.8. The second kappa shape index (κ2) is 10.3. The summed E-state index contributed by atoms with van der Waals surface area (Å²) in [6.07, 6.45) is 0. The van der Waals surface area contributed by atoms with Crippen LogP contribution in [0.15, 0.2) is 57.8 Å². The van der Waals surface area contributed by atoms with Crippen molar-refractivity contribution >= 4 is 45.0 Å². The molecule has 0 bridgehead atoms. The number of hydrogen-bond acceptors (Lipinski definition) is 8. The maximum absolute atomic E-state index is 12.9. The van der Waals surface area contributed by atoms with Gasteiger partial charge in [-0.25, -0.2) is 9.97 Å². The van der Waals surface area contributed by atoms with Crippen molar-refractivity contribution in [1.82, 2.24) is 14.5 Å². The number of nitrogens with zero attached hydrogens (tertiary/aromatic N) is 3. The zero-order chi connectivity index (χ0) is 24.2. The van der Waals surface area contributed by atoms with Gasteiger partial charge < -0.3 is 14.8 Å². The molecule has 2 heterocycles. The van der Waals surface area contributed by atoms with Gasteiger partial charge in [-0.1, -0.05) is 23.9 Å². The van der Waals surface area contributed by atoms with Crippen molar-refractivity contribution in [2.75, 3.05) is 19.5 Å². The van der Waals surface area contributed by atoms with E-state index in [0.29, 0.717) is 39.2 Å². The van der Waals surface area contributed by atoms with Crippen molar-refractivity contribution in [3.63, 3.8) is 0 Å². The number of hydrogen-bond donors (Lipinski definition) is 1. The molecular formula is C24H24N4O4S2. The van der Waals surface area contributed by atoms with Gasteiger partial charge in [0.05, 0.1) is 36.1 Å². The molecule has 0 radical (unpaired) electrons. The molecule has 0 fully saturated rings. The number of aromatic nitrogens is 3. The molecule has 1 N–H and O–H groups in total. The van der Waals surface area contributed by atoms with Crippen LogP contribution in [0.3, 0.4) is 0 Å². The summed E-state index contributed by atoms with van der Waals surface area (Å²) >= 11 is 2.59.